The molecule has 1 aromatic carbocycles. The van der Waals surface area contributed by atoms with Gasteiger partial charge in [-0.3, -0.25) is 0 Å². The molecule has 94 valence electrons. The highest BCUT2D eigenvalue weighted by molar-refractivity contribution is 8.18. The van der Waals surface area contributed by atoms with Gasteiger partial charge in [-0.25, -0.2) is 4.98 Å². The average molecular weight is 276 g/mol. The summed E-state index contributed by atoms with van der Waals surface area (Å²) in [7, 11) is 0. The standard InChI is InChI=1S/C14H16N2S2/c1-12-3-5-13(6-4-12)14(16-8-7-15-11-16)17-9-2-10-18-14/h3-8,11H,2,9-10H2,1H3. The minimum atomic E-state index is -0.0253. The number of nitrogens with zero attached hydrogens (tertiary/aromatic N) is 2. The molecule has 0 atom stereocenters. The molecule has 1 aromatic heterocycles. The van der Waals surface area contributed by atoms with Crippen LogP contribution in [0.15, 0.2) is 43.0 Å². The Kier molecular flexibility index (Phi) is 3.39. The number of rotatable bonds is 2. The summed E-state index contributed by atoms with van der Waals surface area (Å²) < 4.78 is 2.22. The molecule has 0 radical (unpaired) electrons. The van der Waals surface area contributed by atoms with E-state index >= 15 is 0 Å². The fourth-order valence-corrected chi connectivity index (χ4v) is 5.45. The van der Waals surface area contributed by atoms with Crippen molar-refractivity contribution < 1.29 is 0 Å². The second-order valence-corrected chi connectivity index (χ2v) is 7.30. The molecule has 0 N–H and O–H groups in total. The van der Waals surface area contributed by atoms with E-state index in [0.717, 1.165) is 0 Å². The lowest BCUT2D eigenvalue weighted by atomic mass is 10.1. The number of aromatic nitrogens is 2. The molecular weight excluding hydrogens is 260 g/mol. The third kappa shape index (κ3) is 2.08. The first-order valence-corrected chi connectivity index (χ1v) is 8.12. The number of hydrogen-bond acceptors (Lipinski definition) is 3. The second kappa shape index (κ2) is 5.02. The maximum atomic E-state index is 4.22. The van der Waals surface area contributed by atoms with Crippen LogP contribution in [-0.4, -0.2) is 21.1 Å². The van der Waals surface area contributed by atoms with Crippen LogP contribution in [0.25, 0.3) is 0 Å². The van der Waals surface area contributed by atoms with E-state index in [9.17, 15) is 0 Å². The summed E-state index contributed by atoms with van der Waals surface area (Å²) in [6.07, 6.45) is 7.17. The lowest BCUT2D eigenvalue weighted by molar-refractivity contribution is 0.710. The van der Waals surface area contributed by atoms with Gasteiger partial charge in [0.2, 0.25) is 0 Å². The minimum Gasteiger partial charge on any atom is -0.309 e. The van der Waals surface area contributed by atoms with Crippen LogP contribution in [-0.2, 0) is 4.20 Å². The monoisotopic (exact) mass is 276 g/mol. The van der Waals surface area contributed by atoms with E-state index in [1.807, 2.05) is 36.0 Å². The maximum Gasteiger partial charge on any atom is 0.164 e. The van der Waals surface area contributed by atoms with Crippen molar-refractivity contribution in [1.82, 2.24) is 9.55 Å². The largest absolute Gasteiger partial charge is 0.309 e. The quantitative estimate of drug-likeness (QED) is 0.832. The normalized spacial score (nSPS) is 18.7. The van der Waals surface area contributed by atoms with Gasteiger partial charge in [-0.1, -0.05) is 29.8 Å². The number of imidazole rings is 1. The highest BCUT2D eigenvalue weighted by Gasteiger charge is 2.37. The number of aryl methyl sites for hydroxylation is 1. The molecule has 0 spiro atoms. The highest BCUT2D eigenvalue weighted by Crippen LogP contribution is 2.51. The molecule has 1 fully saturated rings. The van der Waals surface area contributed by atoms with Crippen molar-refractivity contribution in [1.29, 1.82) is 0 Å². The lowest BCUT2D eigenvalue weighted by Crippen LogP contribution is -2.30. The molecule has 0 unspecified atom stereocenters. The molecule has 0 saturated carbocycles. The predicted octanol–water partition coefficient (Wildman–Crippen LogP) is 3.72. The van der Waals surface area contributed by atoms with Crippen molar-refractivity contribution in [3.8, 4) is 0 Å². The van der Waals surface area contributed by atoms with Crippen molar-refractivity contribution in [2.24, 2.45) is 0 Å². The third-order valence-corrected chi connectivity index (χ3v) is 6.51. The summed E-state index contributed by atoms with van der Waals surface area (Å²) >= 11 is 4.03. The van der Waals surface area contributed by atoms with Crippen LogP contribution >= 0.6 is 23.5 Å². The van der Waals surface area contributed by atoms with Crippen LogP contribution in [0.2, 0.25) is 0 Å². The zero-order valence-electron chi connectivity index (χ0n) is 10.4. The van der Waals surface area contributed by atoms with Gasteiger partial charge in [0.1, 0.15) is 0 Å². The van der Waals surface area contributed by atoms with Crippen LogP contribution in [0.3, 0.4) is 0 Å². The zero-order valence-corrected chi connectivity index (χ0v) is 12.0. The van der Waals surface area contributed by atoms with Gasteiger partial charge in [0, 0.05) is 12.4 Å². The number of hydrogen-bond donors (Lipinski definition) is 0. The summed E-state index contributed by atoms with van der Waals surface area (Å²) in [5.74, 6) is 2.41. The lowest BCUT2D eigenvalue weighted by Gasteiger charge is -2.37. The zero-order chi connectivity index (χ0) is 12.4. The fraction of sp³-hybridized carbons (Fsp3) is 0.357. The van der Waals surface area contributed by atoms with Crippen LogP contribution in [0.5, 0.6) is 0 Å². The molecule has 2 heterocycles. The first-order valence-electron chi connectivity index (χ1n) is 6.15. The van der Waals surface area contributed by atoms with E-state index in [2.05, 4.69) is 46.9 Å². The Morgan fingerprint density at radius 3 is 2.50 bits per heavy atom. The third-order valence-electron chi connectivity index (χ3n) is 3.14. The van der Waals surface area contributed by atoms with Crippen molar-refractivity contribution in [3.63, 3.8) is 0 Å². The smallest absolute Gasteiger partial charge is 0.164 e. The minimum absolute atomic E-state index is 0.0253. The first-order chi connectivity index (χ1) is 8.81. The van der Waals surface area contributed by atoms with Crippen LogP contribution in [0.1, 0.15) is 17.5 Å². The van der Waals surface area contributed by atoms with Gasteiger partial charge >= 0.3 is 0 Å². The van der Waals surface area contributed by atoms with E-state index < -0.39 is 0 Å². The Bertz CT molecular complexity index is 499. The van der Waals surface area contributed by atoms with Crippen molar-refractivity contribution in [2.45, 2.75) is 17.5 Å². The van der Waals surface area contributed by atoms with Gasteiger partial charge in [0.05, 0.1) is 6.33 Å². The molecule has 0 amide bonds. The van der Waals surface area contributed by atoms with E-state index in [-0.39, 0.29) is 4.20 Å². The molecule has 4 heteroatoms. The Morgan fingerprint density at radius 1 is 1.17 bits per heavy atom. The summed E-state index contributed by atoms with van der Waals surface area (Å²) in [5.41, 5.74) is 2.67. The summed E-state index contributed by atoms with van der Waals surface area (Å²) in [4.78, 5) is 4.22. The Morgan fingerprint density at radius 2 is 1.89 bits per heavy atom. The van der Waals surface area contributed by atoms with Crippen molar-refractivity contribution in [3.05, 3.63) is 54.1 Å². The topological polar surface area (TPSA) is 17.8 Å². The average Bonchev–Trinajstić information content (AvgIpc) is 2.95. The molecule has 2 aromatic rings. The summed E-state index contributed by atoms with van der Waals surface area (Å²) in [6, 6.07) is 8.90. The van der Waals surface area contributed by atoms with E-state index in [1.54, 1.807) is 0 Å². The molecule has 1 aliphatic heterocycles. The SMILES string of the molecule is Cc1ccc(C2(n3ccnc3)SCCCS2)cc1. The van der Waals surface area contributed by atoms with E-state index in [0.29, 0.717) is 0 Å². The molecule has 3 rings (SSSR count). The molecular formula is C14H16N2S2. The number of benzene rings is 1. The number of thioether (sulfide) groups is 2. The first kappa shape index (κ1) is 12.2. The van der Waals surface area contributed by atoms with Crippen LogP contribution in [0, 0.1) is 6.92 Å². The maximum absolute atomic E-state index is 4.22. The molecule has 0 bridgehead atoms. The van der Waals surface area contributed by atoms with E-state index in [1.165, 1.54) is 29.1 Å². The second-order valence-electron chi connectivity index (χ2n) is 4.47. The molecule has 1 saturated heterocycles. The Labute approximate surface area is 116 Å². The molecule has 1 aliphatic rings. The van der Waals surface area contributed by atoms with Gasteiger partial charge in [-0.2, -0.15) is 0 Å². The predicted molar refractivity (Wildman–Crippen MR) is 80.0 cm³/mol. The van der Waals surface area contributed by atoms with Crippen molar-refractivity contribution >= 4 is 23.5 Å². The van der Waals surface area contributed by atoms with Crippen LogP contribution in [0.4, 0.5) is 0 Å². The summed E-state index contributed by atoms with van der Waals surface area (Å²) in [5, 5.41) is 0. The molecule has 0 aliphatic carbocycles. The van der Waals surface area contributed by atoms with Crippen molar-refractivity contribution in [2.75, 3.05) is 11.5 Å². The fourth-order valence-electron chi connectivity index (χ4n) is 2.18. The van der Waals surface area contributed by atoms with Gasteiger partial charge in [0.15, 0.2) is 4.20 Å². The van der Waals surface area contributed by atoms with Gasteiger partial charge in [-0.05, 0) is 30.4 Å². The summed E-state index contributed by atoms with van der Waals surface area (Å²) in [6.45, 7) is 2.13. The van der Waals surface area contributed by atoms with Crippen LogP contribution < -0.4 is 0 Å². The van der Waals surface area contributed by atoms with E-state index in [4.69, 9.17) is 0 Å². The van der Waals surface area contributed by atoms with Gasteiger partial charge in [0.25, 0.3) is 0 Å². The highest BCUT2D eigenvalue weighted by atomic mass is 32.2. The van der Waals surface area contributed by atoms with Gasteiger partial charge in [-0.15, -0.1) is 23.5 Å². The Balaban J connectivity index is 2.07. The Hall–Kier alpha value is -0.870. The molecule has 18 heavy (non-hydrogen) atoms. The van der Waals surface area contributed by atoms with Gasteiger partial charge < -0.3 is 4.57 Å². The molecule has 2 nitrogen and oxygen atoms in total.